The van der Waals surface area contributed by atoms with Crippen LogP contribution in [0.2, 0.25) is 5.02 Å². The first kappa shape index (κ1) is 19.1. The van der Waals surface area contributed by atoms with Gasteiger partial charge in [-0.3, -0.25) is 24.5 Å². The SMILES string of the molecule is O=C1CCC(N2Cc3c(CNC(=O)c4cccc(Cl)c4)cccc3C2=O)C(=O)N1. The topological polar surface area (TPSA) is 95.6 Å². The van der Waals surface area contributed by atoms with Gasteiger partial charge < -0.3 is 10.2 Å². The third kappa shape index (κ3) is 3.73. The number of hydrogen-bond donors (Lipinski definition) is 2. The minimum absolute atomic E-state index is 0.207. The van der Waals surface area contributed by atoms with Crippen molar-refractivity contribution in [3.63, 3.8) is 0 Å². The molecule has 2 aliphatic rings. The van der Waals surface area contributed by atoms with Gasteiger partial charge in [0.1, 0.15) is 6.04 Å². The zero-order valence-corrected chi connectivity index (χ0v) is 16.2. The van der Waals surface area contributed by atoms with Crippen LogP contribution >= 0.6 is 11.6 Å². The number of rotatable bonds is 4. The molecule has 0 bridgehead atoms. The predicted octanol–water partition coefficient (Wildman–Crippen LogP) is 2.03. The third-order valence-electron chi connectivity index (χ3n) is 5.21. The van der Waals surface area contributed by atoms with Gasteiger partial charge in [0.15, 0.2) is 0 Å². The molecule has 4 rings (SSSR count). The van der Waals surface area contributed by atoms with E-state index in [9.17, 15) is 19.2 Å². The molecule has 1 unspecified atom stereocenters. The molecule has 2 aromatic rings. The zero-order valence-electron chi connectivity index (χ0n) is 15.4. The van der Waals surface area contributed by atoms with Crippen LogP contribution in [0, 0.1) is 0 Å². The number of amides is 4. The Hall–Kier alpha value is -3.19. The number of imide groups is 1. The average Bonchev–Trinajstić information content (AvgIpc) is 3.03. The quantitative estimate of drug-likeness (QED) is 0.752. The van der Waals surface area contributed by atoms with Gasteiger partial charge in [-0.15, -0.1) is 0 Å². The molecule has 148 valence electrons. The Morgan fingerprint density at radius 1 is 1.17 bits per heavy atom. The van der Waals surface area contributed by atoms with Crippen molar-refractivity contribution < 1.29 is 19.2 Å². The zero-order chi connectivity index (χ0) is 20.5. The maximum Gasteiger partial charge on any atom is 0.255 e. The van der Waals surface area contributed by atoms with Crippen LogP contribution in [0.15, 0.2) is 42.5 Å². The number of hydrogen-bond acceptors (Lipinski definition) is 4. The number of piperidine rings is 1. The Labute approximate surface area is 172 Å². The van der Waals surface area contributed by atoms with Crippen LogP contribution in [0.25, 0.3) is 0 Å². The largest absolute Gasteiger partial charge is 0.348 e. The van der Waals surface area contributed by atoms with Gasteiger partial charge in [-0.25, -0.2) is 0 Å². The van der Waals surface area contributed by atoms with E-state index in [0.29, 0.717) is 22.6 Å². The van der Waals surface area contributed by atoms with Gasteiger partial charge in [0.2, 0.25) is 11.8 Å². The average molecular weight is 412 g/mol. The summed E-state index contributed by atoms with van der Waals surface area (Å²) in [5.74, 6) is -1.27. The molecule has 8 heteroatoms. The fourth-order valence-electron chi connectivity index (χ4n) is 3.72. The fraction of sp³-hybridized carbons (Fsp3) is 0.238. The smallest absolute Gasteiger partial charge is 0.255 e. The van der Waals surface area contributed by atoms with Gasteiger partial charge in [0.05, 0.1) is 0 Å². The van der Waals surface area contributed by atoms with E-state index >= 15 is 0 Å². The number of halogens is 1. The Kier molecular flexibility index (Phi) is 5.07. The second-order valence-corrected chi connectivity index (χ2v) is 7.47. The van der Waals surface area contributed by atoms with Crippen LogP contribution in [0.3, 0.4) is 0 Å². The highest BCUT2D eigenvalue weighted by Gasteiger charge is 2.39. The van der Waals surface area contributed by atoms with Crippen molar-refractivity contribution in [3.05, 3.63) is 69.7 Å². The van der Waals surface area contributed by atoms with E-state index in [1.807, 2.05) is 6.07 Å². The van der Waals surface area contributed by atoms with Crippen LogP contribution in [0.1, 0.15) is 44.7 Å². The molecule has 0 aliphatic carbocycles. The molecule has 0 aromatic heterocycles. The molecular formula is C21H18ClN3O4. The number of nitrogens with one attached hydrogen (secondary N) is 2. The lowest BCUT2D eigenvalue weighted by Crippen LogP contribution is -2.52. The first-order chi connectivity index (χ1) is 13.9. The van der Waals surface area contributed by atoms with Gasteiger partial charge in [0.25, 0.3) is 11.8 Å². The molecule has 4 amide bonds. The Morgan fingerprint density at radius 3 is 2.72 bits per heavy atom. The second-order valence-electron chi connectivity index (χ2n) is 7.04. The molecule has 2 aliphatic heterocycles. The van der Waals surface area contributed by atoms with E-state index in [1.165, 1.54) is 4.90 Å². The van der Waals surface area contributed by atoms with E-state index in [2.05, 4.69) is 10.6 Å². The highest BCUT2D eigenvalue weighted by atomic mass is 35.5. The first-order valence-corrected chi connectivity index (χ1v) is 9.61. The highest BCUT2D eigenvalue weighted by Crippen LogP contribution is 2.29. The molecule has 2 N–H and O–H groups in total. The number of fused-ring (bicyclic) bond motifs is 1. The number of nitrogens with zero attached hydrogens (tertiary/aromatic N) is 1. The lowest BCUT2D eigenvalue weighted by molar-refractivity contribution is -0.136. The first-order valence-electron chi connectivity index (χ1n) is 9.23. The Morgan fingerprint density at radius 2 is 1.97 bits per heavy atom. The van der Waals surface area contributed by atoms with E-state index < -0.39 is 11.9 Å². The Bertz CT molecular complexity index is 1040. The summed E-state index contributed by atoms with van der Waals surface area (Å²) < 4.78 is 0. The van der Waals surface area contributed by atoms with E-state index in [0.717, 1.165) is 11.1 Å². The molecule has 2 heterocycles. The van der Waals surface area contributed by atoms with E-state index in [4.69, 9.17) is 11.6 Å². The molecule has 0 radical (unpaired) electrons. The minimum Gasteiger partial charge on any atom is -0.348 e. The summed E-state index contributed by atoms with van der Waals surface area (Å²) in [6.45, 7) is 0.509. The molecule has 0 spiro atoms. The summed E-state index contributed by atoms with van der Waals surface area (Å²) in [6.07, 6.45) is 0.518. The summed E-state index contributed by atoms with van der Waals surface area (Å²) >= 11 is 5.93. The number of carbonyl (C=O) groups excluding carboxylic acids is 4. The molecule has 1 saturated heterocycles. The van der Waals surface area contributed by atoms with Crippen LogP contribution in [0.5, 0.6) is 0 Å². The summed E-state index contributed by atoms with van der Waals surface area (Å²) in [5.41, 5.74) is 2.56. The van der Waals surface area contributed by atoms with Crippen LogP contribution in [-0.2, 0) is 22.7 Å². The number of benzene rings is 2. The summed E-state index contributed by atoms with van der Waals surface area (Å²) in [6, 6.07) is 11.3. The standard InChI is InChI=1S/C21H18ClN3O4/c22-14-5-1-3-12(9-14)19(27)23-10-13-4-2-6-15-16(13)11-25(21(15)29)17-7-8-18(26)24-20(17)28/h1-6,9,17H,7-8,10-11H2,(H,23,27)(H,24,26,28). The summed E-state index contributed by atoms with van der Waals surface area (Å²) in [5, 5.41) is 5.61. The van der Waals surface area contributed by atoms with Crippen LogP contribution < -0.4 is 10.6 Å². The van der Waals surface area contributed by atoms with Crippen LogP contribution in [0.4, 0.5) is 0 Å². The van der Waals surface area contributed by atoms with Crippen molar-refractivity contribution in [2.75, 3.05) is 0 Å². The molecule has 1 fully saturated rings. The molecule has 29 heavy (non-hydrogen) atoms. The second kappa shape index (κ2) is 7.67. The fourth-order valence-corrected chi connectivity index (χ4v) is 3.91. The van der Waals surface area contributed by atoms with Gasteiger partial charge in [-0.05, 0) is 41.8 Å². The van der Waals surface area contributed by atoms with Crippen molar-refractivity contribution in [2.24, 2.45) is 0 Å². The third-order valence-corrected chi connectivity index (χ3v) is 5.44. The highest BCUT2D eigenvalue weighted by molar-refractivity contribution is 6.30. The van der Waals surface area contributed by atoms with Crippen molar-refractivity contribution in [1.29, 1.82) is 0 Å². The van der Waals surface area contributed by atoms with Gasteiger partial charge in [-0.2, -0.15) is 0 Å². The molecule has 2 aromatic carbocycles. The van der Waals surface area contributed by atoms with Crippen molar-refractivity contribution in [1.82, 2.24) is 15.5 Å². The molecule has 1 atom stereocenters. The molecular weight excluding hydrogens is 394 g/mol. The van der Waals surface area contributed by atoms with Crippen molar-refractivity contribution in [3.8, 4) is 0 Å². The van der Waals surface area contributed by atoms with Crippen LogP contribution in [-0.4, -0.2) is 34.6 Å². The van der Waals surface area contributed by atoms with Crippen molar-refractivity contribution in [2.45, 2.75) is 32.0 Å². The lowest BCUT2D eigenvalue weighted by Gasteiger charge is -2.29. The normalized spacial score (nSPS) is 18.4. The minimum atomic E-state index is -0.665. The lowest BCUT2D eigenvalue weighted by atomic mass is 10.0. The Balaban J connectivity index is 1.50. The molecule has 0 saturated carbocycles. The maximum absolute atomic E-state index is 12.8. The van der Waals surface area contributed by atoms with Gasteiger partial charge in [-0.1, -0.05) is 29.8 Å². The van der Waals surface area contributed by atoms with Gasteiger partial charge >= 0.3 is 0 Å². The van der Waals surface area contributed by atoms with Crippen molar-refractivity contribution >= 4 is 35.2 Å². The van der Waals surface area contributed by atoms with E-state index in [1.54, 1.807) is 36.4 Å². The molecule has 7 nitrogen and oxygen atoms in total. The predicted molar refractivity (Wildman–Crippen MR) is 105 cm³/mol. The summed E-state index contributed by atoms with van der Waals surface area (Å²) in [7, 11) is 0. The van der Waals surface area contributed by atoms with E-state index in [-0.39, 0.29) is 37.2 Å². The monoisotopic (exact) mass is 411 g/mol. The maximum atomic E-state index is 12.8. The summed E-state index contributed by atoms with van der Waals surface area (Å²) in [4.78, 5) is 50.3. The number of carbonyl (C=O) groups is 4. The van der Waals surface area contributed by atoms with Gasteiger partial charge in [0, 0.05) is 35.7 Å².